The smallest absolute Gasteiger partial charge is 0.344 e. The minimum absolute atomic E-state index is 0.248. The summed E-state index contributed by atoms with van der Waals surface area (Å²) >= 11 is 0. The Balaban J connectivity index is 2.41. The lowest BCUT2D eigenvalue weighted by molar-refractivity contribution is 0.0667. The number of hydrogen-bond acceptors (Lipinski definition) is 5. The van der Waals surface area contributed by atoms with Crippen LogP contribution in [0.5, 0.6) is 5.75 Å². The van der Waals surface area contributed by atoms with Crippen LogP contribution >= 0.6 is 0 Å². The van der Waals surface area contributed by atoms with E-state index in [4.69, 9.17) is 20.1 Å². The highest BCUT2D eigenvalue weighted by Gasteiger charge is 2.19. The minimum Gasteiger partial charge on any atom is -0.478 e. The zero-order valence-corrected chi connectivity index (χ0v) is 11.9. The Morgan fingerprint density at radius 2 is 1.21 bits per heavy atom. The summed E-state index contributed by atoms with van der Waals surface area (Å²) in [7, 11) is 0. The van der Waals surface area contributed by atoms with Crippen LogP contribution in [0.2, 0.25) is 0 Å². The third kappa shape index (κ3) is 3.55. The molecule has 3 N–H and O–H groups in total. The van der Waals surface area contributed by atoms with E-state index >= 15 is 0 Å². The molecule has 122 valence electrons. The number of ether oxygens (including phenoxy) is 1. The Kier molecular flexibility index (Phi) is 4.60. The molecule has 0 amide bonds. The first-order valence-corrected chi connectivity index (χ1v) is 6.45. The van der Waals surface area contributed by atoms with Crippen molar-refractivity contribution in [2.75, 3.05) is 0 Å². The van der Waals surface area contributed by atoms with Crippen LogP contribution in [0.25, 0.3) is 0 Å². The van der Waals surface area contributed by atoms with E-state index in [-0.39, 0.29) is 28.0 Å². The molecule has 0 saturated carbocycles. The number of carbonyl (C=O) groups excluding carboxylic acids is 1. The van der Waals surface area contributed by atoms with Crippen molar-refractivity contribution in [3.63, 3.8) is 0 Å². The number of aromatic carboxylic acids is 3. The fraction of sp³-hybridized carbons (Fsp3) is 0. The van der Waals surface area contributed by atoms with Gasteiger partial charge in [0.2, 0.25) is 0 Å². The molecular weight excluding hydrogens is 320 g/mol. The second-order valence-corrected chi connectivity index (χ2v) is 4.60. The van der Waals surface area contributed by atoms with Crippen LogP contribution in [0.3, 0.4) is 0 Å². The predicted octanol–water partition coefficient (Wildman–Crippen LogP) is 2.00. The number of carbonyl (C=O) groups is 4. The Labute approximate surface area is 134 Å². The molecule has 2 aromatic rings. The molecule has 8 nitrogen and oxygen atoms in total. The van der Waals surface area contributed by atoms with Gasteiger partial charge in [0.25, 0.3) is 0 Å². The van der Waals surface area contributed by atoms with Crippen LogP contribution in [0.1, 0.15) is 41.4 Å². The lowest BCUT2D eigenvalue weighted by Crippen LogP contribution is -2.14. The first-order chi connectivity index (χ1) is 11.3. The van der Waals surface area contributed by atoms with E-state index in [1.807, 2.05) is 0 Å². The molecule has 0 fully saturated rings. The molecule has 0 aliphatic rings. The third-order valence-electron chi connectivity index (χ3n) is 2.99. The number of benzene rings is 2. The number of rotatable bonds is 5. The molecule has 0 atom stereocenters. The molecule has 0 saturated heterocycles. The molecule has 0 bridgehead atoms. The minimum atomic E-state index is -1.40. The van der Waals surface area contributed by atoms with Gasteiger partial charge in [-0.3, -0.25) is 0 Å². The van der Waals surface area contributed by atoms with Crippen LogP contribution in [-0.4, -0.2) is 39.2 Å². The van der Waals surface area contributed by atoms with Gasteiger partial charge < -0.3 is 20.1 Å². The van der Waals surface area contributed by atoms with Gasteiger partial charge >= 0.3 is 23.9 Å². The third-order valence-corrected chi connectivity index (χ3v) is 2.99. The fourth-order valence-electron chi connectivity index (χ4n) is 1.91. The largest absolute Gasteiger partial charge is 0.478 e. The summed E-state index contributed by atoms with van der Waals surface area (Å²) in [5, 5.41) is 27.0. The summed E-state index contributed by atoms with van der Waals surface area (Å²) in [6.45, 7) is 0. The van der Waals surface area contributed by atoms with Crippen LogP contribution in [0.15, 0.2) is 42.5 Å². The monoisotopic (exact) mass is 330 g/mol. The molecule has 0 unspecified atom stereocenters. The van der Waals surface area contributed by atoms with Gasteiger partial charge in [-0.1, -0.05) is 12.1 Å². The van der Waals surface area contributed by atoms with Crippen molar-refractivity contribution in [3.8, 4) is 5.75 Å². The average molecular weight is 330 g/mol. The Morgan fingerprint density at radius 3 is 1.67 bits per heavy atom. The Morgan fingerprint density at radius 1 is 0.708 bits per heavy atom. The molecule has 8 heteroatoms. The maximum absolute atomic E-state index is 12.1. The molecule has 0 aliphatic carbocycles. The topological polar surface area (TPSA) is 138 Å². The first kappa shape index (κ1) is 16.7. The van der Waals surface area contributed by atoms with E-state index in [1.165, 1.54) is 24.3 Å². The van der Waals surface area contributed by atoms with Gasteiger partial charge in [0.15, 0.2) is 0 Å². The van der Waals surface area contributed by atoms with E-state index in [9.17, 15) is 19.2 Å². The summed E-state index contributed by atoms with van der Waals surface area (Å²) < 4.78 is 4.94. The standard InChI is InChI=1S/C16H10O8/c17-13(18)8-5-9(14(19)20)7-10(6-8)24-16(23)12-4-2-1-3-11(12)15(21)22/h1-7H,(H,17,18)(H,19,20)(H,21,22). The molecular formula is C16H10O8. The zero-order chi connectivity index (χ0) is 17.9. The van der Waals surface area contributed by atoms with E-state index < -0.39 is 23.9 Å². The van der Waals surface area contributed by atoms with E-state index in [0.29, 0.717) is 0 Å². The maximum atomic E-state index is 12.1. The number of carboxylic acids is 3. The predicted molar refractivity (Wildman–Crippen MR) is 78.7 cm³/mol. The SMILES string of the molecule is O=C(O)c1cc(OC(=O)c2ccccc2C(=O)O)cc(C(=O)O)c1. The summed E-state index contributed by atoms with van der Waals surface area (Å²) in [6.07, 6.45) is 0. The van der Waals surface area contributed by atoms with Crippen molar-refractivity contribution in [3.05, 3.63) is 64.7 Å². The Bertz CT molecular complexity index is 821. The van der Waals surface area contributed by atoms with Gasteiger partial charge in [-0.25, -0.2) is 19.2 Å². The van der Waals surface area contributed by atoms with Crippen molar-refractivity contribution in [2.24, 2.45) is 0 Å². The summed E-state index contributed by atoms with van der Waals surface area (Å²) in [4.78, 5) is 45.3. The fourth-order valence-corrected chi connectivity index (χ4v) is 1.91. The Hall–Kier alpha value is -3.68. The van der Waals surface area contributed by atoms with Crippen molar-refractivity contribution < 1.29 is 39.2 Å². The average Bonchev–Trinajstić information content (AvgIpc) is 2.54. The molecule has 0 radical (unpaired) electrons. The lowest BCUT2D eigenvalue weighted by Gasteiger charge is -2.08. The summed E-state index contributed by atoms with van der Waals surface area (Å²) in [5.41, 5.74) is -1.31. The van der Waals surface area contributed by atoms with E-state index in [2.05, 4.69) is 0 Å². The second kappa shape index (κ2) is 6.61. The number of esters is 1. The van der Waals surface area contributed by atoms with Crippen LogP contribution in [0.4, 0.5) is 0 Å². The van der Waals surface area contributed by atoms with Gasteiger partial charge in [0, 0.05) is 0 Å². The summed E-state index contributed by atoms with van der Waals surface area (Å²) in [6, 6.07) is 8.13. The zero-order valence-electron chi connectivity index (χ0n) is 11.9. The van der Waals surface area contributed by atoms with E-state index in [1.54, 1.807) is 0 Å². The molecule has 24 heavy (non-hydrogen) atoms. The summed E-state index contributed by atoms with van der Waals surface area (Å²) in [5.74, 6) is -5.51. The normalized spacial score (nSPS) is 10.0. The highest BCUT2D eigenvalue weighted by molar-refractivity contribution is 6.03. The van der Waals surface area contributed by atoms with Gasteiger partial charge in [-0.2, -0.15) is 0 Å². The highest BCUT2D eigenvalue weighted by Crippen LogP contribution is 2.20. The molecule has 0 aromatic heterocycles. The lowest BCUT2D eigenvalue weighted by atomic mass is 10.1. The highest BCUT2D eigenvalue weighted by atomic mass is 16.5. The second-order valence-electron chi connectivity index (χ2n) is 4.60. The first-order valence-electron chi connectivity index (χ1n) is 6.45. The van der Waals surface area contributed by atoms with E-state index in [0.717, 1.165) is 18.2 Å². The van der Waals surface area contributed by atoms with Crippen molar-refractivity contribution in [1.82, 2.24) is 0 Å². The van der Waals surface area contributed by atoms with Gasteiger partial charge in [-0.05, 0) is 30.3 Å². The maximum Gasteiger partial charge on any atom is 0.344 e. The van der Waals surface area contributed by atoms with Gasteiger partial charge in [-0.15, -0.1) is 0 Å². The quantitative estimate of drug-likeness (QED) is 0.559. The van der Waals surface area contributed by atoms with Crippen molar-refractivity contribution >= 4 is 23.9 Å². The van der Waals surface area contributed by atoms with Crippen LogP contribution < -0.4 is 4.74 Å². The van der Waals surface area contributed by atoms with Gasteiger partial charge in [0.05, 0.1) is 22.3 Å². The number of hydrogen-bond donors (Lipinski definition) is 3. The molecule has 0 heterocycles. The van der Waals surface area contributed by atoms with Crippen LogP contribution in [0, 0.1) is 0 Å². The van der Waals surface area contributed by atoms with Crippen molar-refractivity contribution in [2.45, 2.75) is 0 Å². The number of carboxylic acid groups (broad SMARTS) is 3. The van der Waals surface area contributed by atoms with Crippen molar-refractivity contribution in [1.29, 1.82) is 0 Å². The van der Waals surface area contributed by atoms with Crippen LogP contribution in [-0.2, 0) is 0 Å². The van der Waals surface area contributed by atoms with Gasteiger partial charge in [0.1, 0.15) is 5.75 Å². The molecule has 2 rings (SSSR count). The molecule has 0 spiro atoms. The molecule has 0 aliphatic heterocycles. The molecule has 2 aromatic carbocycles.